The van der Waals surface area contributed by atoms with Crippen LogP contribution >= 0.6 is 0 Å². The van der Waals surface area contributed by atoms with E-state index in [4.69, 9.17) is 0 Å². The number of H-pyrrole nitrogens is 1. The Morgan fingerprint density at radius 2 is 2.06 bits per heavy atom. The van der Waals surface area contributed by atoms with Crippen molar-refractivity contribution in [2.75, 3.05) is 0 Å². The molecule has 5 nitrogen and oxygen atoms in total. The first-order valence-electron chi connectivity index (χ1n) is 6.63. The normalized spacial score (nSPS) is 16.1. The van der Waals surface area contributed by atoms with E-state index in [2.05, 4.69) is 10.3 Å². The molecule has 0 radical (unpaired) electrons. The maximum atomic E-state index is 11.8. The highest BCUT2D eigenvalue weighted by molar-refractivity contribution is 5.76. The van der Waals surface area contributed by atoms with Crippen LogP contribution in [0, 0.1) is 13.8 Å². The lowest BCUT2D eigenvalue weighted by Crippen LogP contribution is -2.33. The van der Waals surface area contributed by atoms with Gasteiger partial charge in [0.25, 0.3) is 0 Å². The van der Waals surface area contributed by atoms with Gasteiger partial charge in [-0.3, -0.25) is 9.36 Å². The van der Waals surface area contributed by atoms with Crippen LogP contribution in [0.15, 0.2) is 4.79 Å². The Morgan fingerprint density at radius 1 is 1.39 bits per heavy atom. The summed E-state index contributed by atoms with van der Waals surface area (Å²) in [6, 6.07) is 0.350. The molecular formula is C13H21N3O2. The van der Waals surface area contributed by atoms with Crippen LogP contribution in [0.4, 0.5) is 0 Å². The van der Waals surface area contributed by atoms with Crippen molar-refractivity contribution in [2.24, 2.45) is 0 Å². The van der Waals surface area contributed by atoms with Crippen LogP contribution in [-0.4, -0.2) is 21.5 Å². The summed E-state index contributed by atoms with van der Waals surface area (Å²) >= 11 is 0. The monoisotopic (exact) mass is 251 g/mol. The van der Waals surface area contributed by atoms with Crippen LogP contribution < -0.4 is 11.0 Å². The van der Waals surface area contributed by atoms with Crippen molar-refractivity contribution in [1.29, 1.82) is 0 Å². The average Bonchev–Trinajstić information content (AvgIpc) is 2.88. The summed E-state index contributed by atoms with van der Waals surface area (Å²) in [7, 11) is 0. The fourth-order valence-corrected chi connectivity index (χ4v) is 2.53. The smallest absolute Gasteiger partial charge is 0.325 e. The minimum atomic E-state index is -0.126. The number of aryl methyl sites for hydroxylation is 1. The number of nitrogens with zero attached hydrogens (tertiary/aromatic N) is 1. The SMILES string of the molecule is Cc1[nH]c(=O)n(CCC(=O)NC2CCCC2)c1C. The van der Waals surface area contributed by atoms with Crippen molar-refractivity contribution in [1.82, 2.24) is 14.9 Å². The van der Waals surface area contributed by atoms with Gasteiger partial charge < -0.3 is 10.3 Å². The molecule has 1 aromatic rings. The maximum Gasteiger partial charge on any atom is 0.325 e. The van der Waals surface area contributed by atoms with Crippen LogP contribution in [0.5, 0.6) is 0 Å². The number of hydrogen-bond donors (Lipinski definition) is 2. The van der Waals surface area contributed by atoms with Gasteiger partial charge in [0.2, 0.25) is 5.91 Å². The molecule has 0 unspecified atom stereocenters. The minimum Gasteiger partial charge on any atom is -0.353 e. The van der Waals surface area contributed by atoms with Crippen LogP contribution in [0.1, 0.15) is 43.5 Å². The second kappa shape index (κ2) is 5.42. The number of aromatic nitrogens is 2. The highest BCUT2D eigenvalue weighted by Gasteiger charge is 2.17. The van der Waals surface area contributed by atoms with Gasteiger partial charge in [-0.15, -0.1) is 0 Å². The van der Waals surface area contributed by atoms with Crippen LogP contribution in [0.3, 0.4) is 0 Å². The zero-order valence-electron chi connectivity index (χ0n) is 11.1. The third-order valence-electron chi connectivity index (χ3n) is 3.77. The Kier molecular flexibility index (Phi) is 3.89. The Hall–Kier alpha value is -1.52. The van der Waals surface area contributed by atoms with Crippen molar-refractivity contribution in [3.05, 3.63) is 21.9 Å². The molecule has 0 saturated heterocycles. The molecule has 1 amide bonds. The molecule has 1 saturated carbocycles. The number of carbonyl (C=O) groups is 1. The maximum absolute atomic E-state index is 11.8. The molecule has 18 heavy (non-hydrogen) atoms. The molecule has 1 aromatic heterocycles. The van der Waals surface area contributed by atoms with E-state index in [0.29, 0.717) is 19.0 Å². The molecule has 1 fully saturated rings. The van der Waals surface area contributed by atoms with E-state index in [-0.39, 0.29) is 11.6 Å². The number of imidazole rings is 1. The van der Waals surface area contributed by atoms with E-state index in [0.717, 1.165) is 24.2 Å². The summed E-state index contributed by atoms with van der Waals surface area (Å²) in [5.41, 5.74) is 1.66. The van der Waals surface area contributed by atoms with Crippen molar-refractivity contribution in [3.8, 4) is 0 Å². The predicted octanol–water partition coefficient (Wildman–Crippen LogP) is 1.24. The number of aromatic amines is 1. The van der Waals surface area contributed by atoms with E-state index >= 15 is 0 Å². The summed E-state index contributed by atoms with van der Waals surface area (Å²) in [5, 5.41) is 3.03. The standard InChI is InChI=1S/C13H21N3O2/c1-9-10(2)16(13(18)14-9)8-7-12(17)15-11-5-3-4-6-11/h11H,3-8H2,1-2H3,(H,14,18)(H,15,17). The van der Waals surface area contributed by atoms with Crippen molar-refractivity contribution < 1.29 is 4.79 Å². The highest BCUT2D eigenvalue weighted by Crippen LogP contribution is 2.17. The third-order valence-corrected chi connectivity index (χ3v) is 3.77. The van der Waals surface area contributed by atoms with Gasteiger partial charge >= 0.3 is 5.69 Å². The first-order valence-corrected chi connectivity index (χ1v) is 6.63. The van der Waals surface area contributed by atoms with Crippen molar-refractivity contribution in [3.63, 3.8) is 0 Å². The summed E-state index contributed by atoms with van der Waals surface area (Å²) in [5.74, 6) is 0.0482. The van der Waals surface area contributed by atoms with Gasteiger partial charge in [-0.05, 0) is 26.7 Å². The zero-order chi connectivity index (χ0) is 13.1. The summed E-state index contributed by atoms with van der Waals surface area (Å²) in [6.07, 6.45) is 4.97. The fraction of sp³-hybridized carbons (Fsp3) is 0.692. The van der Waals surface area contributed by atoms with E-state index in [1.165, 1.54) is 12.8 Å². The topological polar surface area (TPSA) is 66.9 Å². The molecule has 100 valence electrons. The van der Waals surface area contributed by atoms with E-state index in [1.807, 2.05) is 13.8 Å². The summed E-state index contributed by atoms with van der Waals surface area (Å²) in [6.45, 7) is 4.21. The third kappa shape index (κ3) is 2.83. The minimum absolute atomic E-state index is 0.0482. The largest absolute Gasteiger partial charge is 0.353 e. The number of carbonyl (C=O) groups excluding carboxylic acids is 1. The molecule has 2 N–H and O–H groups in total. The first kappa shape index (κ1) is 12.9. The molecular weight excluding hydrogens is 230 g/mol. The number of amides is 1. The van der Waals surface area contributed by atoms with Crippen molar-refractivity contribution >= 4 is 5.91 Å². The molecule has 1 heterocycles. The molecule has 0 aliphatic heterocycles. The molecule has 0 aromatic carbocycles. The first-order chi connectivity index (χ1) is 8.58. The van der Waals surface area contributed by atoms with Gasteiger partial charge in [-0.2, -0.15) is 0 Å². The Morgan fingerprint density at radius 3 is 2.61 bits per heavy atom. The van der Waals surface area contributed by atoms with E-state index < -0.39 is 0 Å². The van der Waals surface area contributed by atoms with Crippen molar-refractivity contribution in [2.45, 2.75) is 58.5 Å². The summed E-state index contributed by atoms with van der Waals surface area (Å²) < 4.78 is 1.63. The number of hydrogen-bond acceptors (Lipinski definition) is 2. The van der Waals surface area contributed by atoms with Crippen LogP contribution in [0.25, 0.3) is 0 Å². The highest BCUT2D eigenvalue weighted by atomic mass is 16.2. The number of nitrogens with one attached hydrogen (secondary N) is 2. The summed E-state index contributed by atoms with van der Waals surface area (Å²) in [4.78, 5) is 26.1. The predicted molar refractivity (Wildman–Crippen MR) is 69.5 cm³/mol. The lowest BCUT2D eigenvalue weighted by molar-refractivity contribution is -0.122. The Balaban J connectivity index is 1.87. The lowest BCUT2D eigenvalue weighted by Gasteiger charge is -2.12. The molecule has 1 aliphatic carbocycles. The van der Waals surface area contributed by atoms with Gasteiger partial charge in [-0.1, -0.05) is 12.8 Å². The fourth-order valence-electron chi connectivity index (χ4n) is 2.53. The molecule has 0 atom stereocenters. The molecule has 1 aliphatic rings. The number of rotatable bonds is 4. The quantitative estimate of drug-likeness (QED) is 0.845. The van der Waals surface area contributed by atoms with E-state index in [1.54, 1.807) is 4.57 Å². The second-order valence-corrected chi connectivity index (χ2v) is 5.09. The molecule has 0 bridgehead atoms. The molecule has 5 heteroatoms. The van der Waals surface area contributed by atoms with Crippen LogP contribution in [-0.2, 0) is 11.3 Å². The second-order valence-electron chi connectivity index (χ2n) is 5.09. The van der Waals surface area contributed by atoms with E-state index in [9.17, 15) is 9.59 Å². The van der Waals surface area contributed by atoms with Gasteiger partial charge in [0.15, 0.2) is 0 Å². The lowest BCUT2D eigenvalue weighted by atomic mass is 10.2. The Labute approximate surface area is 107 Å². The van der Waals surface area contributed by atoms with Crippen LogP contribution in [0.2, 0.25) is 0 Å². The van der Waals surface area contributed by atoms with Gasteiger partial charge in [-0.25, -0.2) is 4.79 Å². The van der Waals surface area contributed by atoms with Gasteiger partial charge in [0.05, 0.1) is 0 Å². The van der Waals surface area contributed by atoms with Gasteiger partial charge in [0, 0.05) is 30.4 Å². The molecule has 2 rings (SSSR count). The van der Waals surface area contributed by atoms with Gasteiger partial charge in [0.1, 0.15) is 0 Å². The zero-order valence-corrected chi connectivity index (χ0v) is 11.1. The average molecular weight is 251 g/mol. The molecule has 0 spiro atoms. The Bertz CT molecular complexity index is 481.